The number of para-hydroxylation sites is 1. The molecule has 0 spiro atoms. The molecule has 1 saturated heterocycles. The number of sulfonamides is 1. The molecule has 1 fully saturated rings. The first-order valence-corrected chi connectivity index (χ1v) is 15.1. The van der Waals surface area contributed by atoms with Gasteiger partial charge in [-0.25, -0.2) is 5.01 Å². The highest BCUT2D eigenvalue weighted by Gasteiger charge is 2.29. The van der Waals surface area contributed by atoms with Gasteiger partial charge in [-0.1, -0.05) is 52.3 Å². The molecule has 0 atom stereocenters. The zero-order chi connectivity index (χ0) is 28.7. The van der Waals surface area contributed by atoms with E-state index in [0.717, 1.165) is 36.8 Å². The molecule has 0 saturated carbocycles. The molecule has 0 bridgehead atoms. The van der Waals surface area contributed by atoms with Crippen molar-refractivity contribution in [1.29, 1.82) is 0 Å². The number of halogens is 2. The Morgan fingerprint density at radius 3 is 2.25 bits per heavy atom. The molecule has 0 aliphatic carbocycles. The van der Waals surface area contributed by atoms with E-state index < -0.39 is 15.9 Å². The van der Waals surface area contributed by atoms with Gasteiger partial charge in [0.05, 0.1) is 22.2 Å². The van der Waals surface area contributed by atoms with Crippen molar-refractivity contribution < 1.29 is 22.8 Å². The van der Waals surface area contributed by atoms with Crippen LogP contribution in [0.4, 0.5) is 5.69 Å². The topological polar surface area (TPSA) is 99.3 Å². The van der Waals surface area contributed by atoms with Crippen LogP contribution in [0, 0.1) is 0 Å². The van der Waals surface area contributed by atoms with Crippen molar-refractivity contribution in [2.75, 3.05) is 30.6 Å². The molecule has 0 unspecified atom stereocenters. The maximum Gasteiger partial charge on any atom is 0.295 e. The fourth-order valence-electron chi connectivity index (χ4n) is 4.30. The Kier molecular flexibility index (Phi) is 9.91. The van der Waals surface area contributed by atoms with Crippen LogP contribution in [0.1, 0.15) is 36.5 Å². The molecule has 9 nitrogen and oxygen atoms in total. The van der Waals surface area contributed by atoms with E-state index in [2.05, 4.69) is 5.32 Å². The van der Waals surface area contributed by atoms with Crippen molar-refractivity contribution in [3.05, 3.63) is 88.4 Å². The van der Waals surface area contributed by atoms with Crippen LogP contribution in [0.25, 0.3) is 0 Å². The smallest absolute Gasteiger partial charge is 0.295 e. The van der Waals surface area contributed by atoms with Crippen LogP contribution < -0.4 is 14.6 Å². The Hall–Kier alpha value is -3.31. The molecule has 212 valence electrons. The summed E-state index contributed by atoms with van der Waals surface area (Å²) in [5, 5.41) is 6.83. The molecule has 12 heteroatoms. The molecule has 1 aliphatic rings. The van der Waals surface area contributed by atoms with E-state index in [4.69, 9.17) is 28.0 Å². The Labute approximate surface area is 244 Å². The zero-order valence-electron chi connectivity index (χ0n) is 21.9. The van der Waals surface area contributed by atoms with Gasteiger partial charge >= 0.3 is 0 Å². The molecule has 1 aliphatic heterocycles. The molecule has 3 aromatic carbocycles. The van der Waals surface area contributed by atoms with Crippen molar-refractivity contribution in [2.24, 2.45) is 0 Å². The zero-order valence-corrected chi connectivity index (χ0v) is 24.3. The SMILES string of the molecule is CCN(C(=O)CNC(=O)c1ccc(S(=O)(=O)N(Oc2ccc(Cl)cc2Cl)c2ccccc2)cc1)N1CCCCC1. The van der Waals surface area contributed by atoms with Crippen molar-refractivity contribution in [3.8, 4) is 5.75 Å². The van der Waals surface area contributed by atoms with Crippen molar-refractivity contribution >= 4 is 50.7 Å². The third-order valence-corrected chi connectivity index (χ3v) is 8.46. The van der Waals surface area contributed by atoms with Crippen LogP contribution in [0.2, 0.25) is 10.0 Å². The number of hydrogen-bond donors (Lipinski definition) is 1. The summed E-state index contributed by atoms with van der Waals surface area (Å²) in [7, 11) is -4.25. The quantitative estimate of drug-likeness (QED) is 0.321. The lowest BCUT2D eigenvalue weighted by Gasteiger charge is -2.36. The normalized spacial score (nSPS) is 13.9. The number of rotatable bonds is 10. The maximum atomic E-state index is 13.6. The average molecular weight is 606 g/mol. The number of carbonyl (C=O) groups is 2. The number of amides is 2. The van der Waals surface area contributed by atoms with Crippen LogP contribution in [-0.2, 0) is 14.8 Å². The van der Waals surface area contributed by atoms with Crippen LogP contribution >= 0.6 is 23.2 Å². The molecule has 40 heavy (non-hydrogen) atoms. The number of nitrogens with one attached hydrogen (secondary N) is 1. The van der Waals surface area contributed by atoms with E-state index in [0.29, 0.717) is 11.6 Å². The van der Waals surface area contributed by atoms with E-state index >= 15 is 0 Å². The number of benzene rings is 3. The summed E-state index contributed by atoms with van der Waals surface area (Å²) < 4.78 is 28.1. The molecular weight excluding hydrogens is 575 g/mol. The van der Waals surface area contributed by atoms with Gasteiger partial charge in [0.2, 0.25) is 0 Å². The Bertz CT molecular complexity index is 1430. The molecule has 1 N–H and O–H groups in total. The molecule has 3 aromatic rings. The minimum atomic E-state index is -4.25. The summed E-state index contributed by atoms with van der Waals surface area (Å²) in [6.07, 6.45) is 3.21. The highest BCUT2D eigenvalue weighted by atomic mass is 35.5. The molecule has 1 heterocycles. The summed E-state index contributed by atoms with van der Waals surface area (Å²) >= 11 is 12.2. The van der Waals surface area contributed by atoms with Crippen molar-refractivity contribution in [3.63, 3.8) is 0 Å². The second kappa shape index (κ2) is 13.4. The Morgan fingerprint density at radius 2 is 1.62 bits per heavy atom. The number of hydrogen-bond acceptors (Lipinski definition) is 6. The first kappa shape index (κ1) is 29.7. The maximum absolute atomic E-state index is 13.6. The molecule has 2 amide bonds. The van der Waals surface area contributed by atoms with Crippen LogP contribution in [0.5, 0.6) is 5.75 Å². The number of likely N-dealkylation sites (N-methyl/N-ethyl adjacent to an activating group) is 1. The highest BCUT2D eigenvalue weighted by molar-refractivity contribution is 7.92. The van der Waals surface area contributed by atoms with Gasteiger partial charge in [0.25, 0.3) is 21.8 Å². The summed E-state index contributed by atoms with van der Waals surface area (Å²) in [6.45, 7) is 3.88. The van der Waals surface area contributed by atoms with Gasteiger partial charge in [-0.3, -0.25) is 14.6 Å². The van der Waals surface area contributed by atoms with E-state index in [9.17, 15) is 18.0 Å². The molecule has 0 aromatic heterocycles. The Morgan fingerprint density at radius 1 is 0.950 bits per heavy atom. The molecular formula is C28H30Cl2N4O5S. The third kappa shape index (κ3) is 7.06. The monoisotopic (exact) mass is 604 g/mol. The largest absolute Gasteiger partial charge is 0.363 e. The van der Waals surface area contributed by atoms with E-state index in [1.807, 2.05) is 11.9 Å². The average Bonchev–Trinajstić information content (AvgIpc) is 2.97. The van der Waals surface area contributed by atoms with Crippen LogP contribution in [0.3, 0.4) is 0 Å². The van der Waals surface area contributed by atoms with E-state index in [-0.39, 0.29) is 39.4 Å². The first-order valence-electron chi connectivity index (χ1n) is 12.9. The minimum absolute atomic E-state index is 0.0878. The lowest BCUT2D eigenvalue weighted by Crippen LogP contribution is -2.51. The molecule has 4 rings (SSSR count). The van der Waals surface area contributed by atoms with Gasteiger partial charge in [0, 0.05) is 30.2 Å². The standard InChI is InChI=1S/C28H30Cl2N4O5S/c1-2-33(32-17-7-4-8-18-32)27(35)20-31-28(36)21-11-14-24(15-12-21)40(37,38)34(23-9-5-3-6-10-23)39-26-16-13-22(29)19-25(26)30/h3,5-6,9-16,19H,2,4,7-8,17-18,20H2,1H3,(H,31,36). The summed E-state index contributed by atoms with van der Waals surface area (Å²) in [4.78, 5) is 31.2. The predicted octanol–water partition coefficient (Wildman–Crippen LogP) is 5.16. The number of hydrazine groups is 1. The first-order chi connectivity index (χ1) is 19.2. The number of carbonyl (C=O) groups excluding carboxylic acids is 2. The summed E-state index contributed by atoms with van der Waals surface area (Å²) in [6, 6.07) is 18.1. The van der Waals surface area contributed by atoms with Crippen molar-refractivity contribution in [2.45, 2.75) is 31.1 Å². The van der Waals surface area contributed by atoms with Crippen LogP contribution in [-0.4, -0.2) is 56.4 Å². The fraction of sp³-hybridized carbons (Fsp3) is 0.286. The number of piperidine rings is 1. The van der Waals surface area contributed by atoms with Gasteiger partial charge in [-0.15, -0.1) is 0 Å². The lowest BCUT2D eigenvalue weighted by atomic mass is 10.2. The van der Waals surface area contributed by atoms with Gasteiger partial charge in [-0.05, 0) is 74.4 Å². The number of nitrogens with zero attached hydrogens (tertiary/aromatic N) is 3. The van der Waals surface area contributed by atoms with Gasteiger partial charge in [0.15, 0.2) is 5.75 Å². The van der Waals surface area contributed by atoms with E-state index in [1.165, 1.54) is 42.5 Å². The van der Waals surface area contributed by atoms with Crippen LogP contribution in [0.15, 0.2) is 77.7 Å². The van der Waals surface area contributed by atoms with Gasteiger partial charge in [-0.2, -0.15) is 8.42 Å². The lowest BCUT2D eigenvalue weighted by molar-refractivity contribution is -0.149. The molecule has 0 radical (unpaired) electrons. The Balaban J connectivity index is 1.48. The number of anilines is 1. The summed E-state index contributed by atoms with van der Waals surface area (Å²) in [5.41, 5.74) is 0.448. The highest BCUT2D eigenvalue weighted by Crippen LogP contribution is 2.32. The fourth-order valence-corrected chi connectivity index (χ4v) is 6.00. The predicted molar refractivity (Wildman–Crippen MR) is 155 cm³/mol. The van der Waals surface area contributed by atoms with Gasteiger partial charge in [0.1, 0.15) is 0 Å². The van der Waals surface area contributed by atoms with Crippen molar-refractivity contribution in [1.82, 2.24) is 15.3 Å². The summed E-state index contributed by atoms with van der Waals surface area (Å²) in [5.74, 6) is -0.602. The minimum Gasteiger partial charge on any atom is -0.363 e. The second-order valence-corrected chi connectivity index (χ2v) is 11.7. The third-order valence-electron chi connectivity index (χ3n) is 6.34. The van der Waals surface area contributed by atoms with Gasteiger partial charge < -0.3 is 10.2 Å². The second-order valence-electron chi connectivity index (χ2n) is 9.06. The van der Waals surface area contributed by atoms with E-state index in [1.54, 1.807) is 35.3 Å².